The van der Waals surface area contributed by atoms with E-state index in [1.807, 2.05) is 6.92 Å². The third kappa shape index (κ3) is 14.3. The summed E-state index contributed by atoms with van der Waals surface area (Å²) >= 11 is 0. The SMILES string of the molecule is CC[C@H](CC(C[C@H](C)O[C@@H]1O[C@@H](CO)C(O)C(O[C@@H](CC2CCCCC2)C(=O)O)C1NC(C)=O)C(=O)NCCNC(=O)C(C)(C)CO)CC1OC(C)C(O)C(O)C1O. The zero-order valence-electron chi connectivity index (χ0n) is 35.0. The van der Waals surface area contributed by atoms with Crippen molar-refractivity contribution >= 4 is 23.7 Å². The van der Waals surface area contributed by atoms with Gasteiger partial charge in [0.2, 0.25) is 17.7 Å². The van der Waals surface area contributed by atoms with Crippen molar-refractivity contribution in [2.75, 3.05) is 26.3 Å². The summed E-state index contributed by atoms with van der Waals surface area (Å²) in [7, 11) is 0. The van der Waals surface area contributed by atoms with Gasteiger partial charge in [0.1, 0.15) is 42.7 Å². The van der Waals surface area contributed by atoms with Crippen molar-refractivity contribution in [3.8, 4) is 0 Å². The van der Waals surface area contributed by atoms with Crippen LogP contribution in [0.1, 0.15) is 106 Å². The Kier molecular flexibility index (Phi) is 20.2. The van der Waals surface area contributed by atoms with Gasteiger partial charge in [0, 0.05) is 25.9 Å². The minimum Gasteiger partial charge on any atom is -0.479 e. The van der Waals surface area contributed by atoms with Crippen molar-refractivity contribution in [3.05, 3.63) is 0 Å². The first-order valence-corrected chi connectivity index (χ1v) is 20.9. The lowest BCUT2D eigenvalue weighted by Crippen LogP contribution is -2.66. The smallest absolute Gasteiger partial charge is 0.332 e. The first kappa shape index (κ1) is 49.8. The van der Waals surface area contributed by atoms with Crippen molar-refractivity contribution in [1.82, 2.24) is 16.0 Å². The van der Waals surface area contributed by atoms with Crippen LogP contribution in [-0.4, -0.2) is 159 Å². The molecule has 2 saturated heterocycles. The summed E-state index contributed by atoms with van der Waals surface area (Å²) in [6.45, 7) is 8.72. The van der Waals surface area contributed by atoms with Crippen LogP contribution in [-0.2, 0) is 38.1 Å². The number of aliphatic hydroxyl groups excluding tert-OH is 6. The van der Waals surface area contributed by atoms with Crippen molar-refractivity contribution in [3.63, 3.8) is 0 Å². The number of carbonyl (C=O) groups is 4. The van der Waals surface area contributed by atoms with E-state index in [0.29, 0.717) is 6.42 Å². The molecule has 18 nitrogen and oxygen atoms in total. The summed E-state index contributed by atoms with van der Waals surface area (Å²) in [6.07, 6.45) is -7.05. The Morgan fingerprint density at radius 2 is 1.50 bits per heavy atom. The Morgan fingerprint density at radius 1 is 0.845 bits per heavy atom. The predicted octanol–water partition coefficient (Wildman–Crippen LogP) is -0.283. The molecule has 58 heavy (non-hydrogen) atoms. The summed E-state index contributed by atoms with van der Waals surface area (Å²) in [5.41, 5.74) is -1.02. The third-order valence-corrected chi connectivity index (χ3v) is 11.9. The second-order valence-electron chi connectivity index (χ2n) is 17.2. The molecule has 2 aliphatic heterocycles. The Morgan fingerprint density at radius 3 is 2.09 bits per heavy atom. The minimum absolute atomic E-state index is 0.0672. The molecule has 0 aromatic rings. The predicted molar refractivity (Wildman–Crippen MR) is 208 cm³/mol. The van der Waals surface area contributed by atoms with Gasteiger partial charge in [0.25, 0.3) is 0 Å². The number of ether oxygens (including phenoxy) is 4. The largest absolute Gasteiger partial charge is 0.479 e. The number of carbonyl (C=O) groups excluding carboxylic acids is 3. The molecule has 3 fully saturated rings. The van der Waals surface area contributed by atoms with E-state index >= 15 is 0 Å². The first-order valence-electron chi connectivity index (χ1n) is 20.9. The van der Waals surface area contributed by atoms with Gasteiger partial charge >= 0.3 is 5.97 Å². The highest BCUT2D eigenvalue weighted by Gasteiger charge is 2.49. The maximum absolute atomic E-state index is 13.9. The molecule has 0 bridgehead atoms. The number of hydrogen-bond donors (Lipinski definition) is 10. The zero-order valence-corrected chi connectivity index (χ0v) is 35.0. The molecule has 10 N–H and O–H groups in total. The molecule has 3 amide bonds. The van der Waals surface area contributed by atoms with Gasteiger partial charge in [-0.3, -0.25) is 14.4 Å². The molecule has 0 spiro atoms. The Labute approximate surface area is 341 Å². The number of aliphatic hydroxyl groups is 6. The van der Waals surface area contributed by atoms with E-state index in [2.05, 4.69) is 16.0 Å². The lowest BCUT2D eigenvalue weighted by molar-refractivity contribution is -0.292. The minimum atomic E-state index is -1.53. The standard InChI is InChI=1S/C40H71N3O15/c1-7-24(17-27-32(48)34(50)31(47)22(3)56-27)16-26(36(51)41-13-14-42-39(54)40(5,6)20-45)15-21(2)55-38-30(43-23(4)46)35(33(49)29(19-44)58-38)57-28(37(52)53)18-25-11-9-8-10-12-25/h21-22,24-35,38,44-45,47-50H,7-20H2,1-6H3,(H,41,51)(H,42,54)(H,43,46)(H,52,53)/t21-,22?,24+,26?,27?,28-,29-,30?,31?,32?,33?,34?,35?,38+/m0/s1. The maximum Gasteiger partial charge on any atom is 0.332 e. The summed E-state index contributed by atoms with van der Waals surface area (Å²) < 4.78 is 24.3. The van der Waals surface area contributed by atoms with Crippen LogP contribution in [0.25, 0.3) is 0 Å². The fourth-order valence-electron chi connectivity index (χ4n) is 8.17. The van der Waals surface area contributed by atoms with Gasteiger partial charge in [-0.2, -0.15) is 0 Å². The topological polar surface area (TPSA) is 283 Å². The molecule has 3 aliphatic rings. The van der Waals surface area contributed by atoms with Crippen LogP contribution in [0.2, 0.25) is 0 Å². The number of rotatable bonds is 22. The molecule has 14 atom stereocenters. The van der Waals surface area contributed by atoms with E-state index in [4.69, 9.17) is 18.9 Å². The molecule has 0 aromatic heterocycles. The van der Waals surface area contributed by atoms with Gasteiger partial charge in [0.15, 0.2) is 12.4 Å². The average molecular weight is 834 g/mol. The lowest BCUT2D eigenvalue weighted by Gasteiger charge is -2.45. The summed E-state index contributed by atoms with van der Waals surface area (Å²) in [6, 6.07) is -1.21. The van der Waals surface area contributed by atoms with Crippen LogP contribution in [0.15, 0.2) is 0 Å². The summed E-state index contributed by atoms with van der Waals surface area (Å²) in [5, 5.41) is 80.8. The molecule has 9 unspecified atom stereocenters. The van der Waals surface area contributed by atoms with E-state index in [-0.39, 0.29) is 69.0 Å². The van der Waals surface area contributed by atoms with Crippen LogP contribution in [0.3, 0.4) is 0 Å². The quantitative estimate of drug-likeness (QED) is 0.0628. The number of hydrogen-bond acceptors (Lipinski definition) is 14. The summed E-state index contributed by atoms with van der Waals surface area (Å²) in [5.74, 6) is -3.37. The van der Waals surface area contributed by atoms with E-state index in [1.54, 1.807) is 27.7 Å². The first-order chi connectivity index (χ1) is 27.3. The number of amides is 3. The molecule has 3 rings (SSSR count). The second-order valence-corrected chi connectivity index (χ2v) is 17.2. The average Bonchev–Trinajstić information content (AvgIpc) is 3.18. The van der Waals surface area contributed by atoms with Gasteiger partial charge < -0.3 is 70.6 Å². The van der Waals surface area contributed by atoms with Crippen LogP contribution >= 0.6 is 0 Å². The second kappa shape index (κ2) is 23.5. The van der Waals surface area contributed by atoms with Crippen LogP contribution < -0.4 is 16.0 Å². The van der Waals surface area contributed by atoms with Gasteiger partial charge in [-0.15, -0.1) is 0 Å². The van der Waals surface area contributed by atoms with Gasteiger partial charge in [-0.1, -0.05) is 45.4 Å². The Hall–Kier alpha value is -2.52. The van der Waals surface area contributed by atoms with Crippen LogP contribution in [0, 0.1) is 23.2 Å². The molecule has 1 aliphatic carbocycles. The number of carboxylic acids is 1. The molecule has 336 valence electrons. The highest BCUT2D eigenvalue weighted by Crippen LogP contribution is 2.34. The molecule has 18 heteroatoms. The maximum atomic E-state index is 13.9. The van der Waals surface area contributed by atoms with Crippen LogP contribution in [0.5, 0.6) is 0 Å². The molecule has 0 radical (unpaired) electrons. The van der Waals surface area contributed by atoms with Crippen molar-refractivity contribution in [1.29, 1.82) is 0 Å². The van der Waals surface area contributed by atoms with Crippen molar-refractivity contribution < 1.29 is 73.9 Å². The van der Waals surface area contributed by atoms with Gasteiger partial charge in [-0.05, 0) is 65.2 Å². The molecular weight excluding hydrogens is 762 g/mol. The zero-order chi connectivity index (χ0) is 43.3. The van der Waals surface area contributed by atoms with Gasteiger partial charge in [0.05, 0.1) is 36.9 Å². The fraction of sp³-hybridized carbons (Fsp3) is 0.900. The lowest BCUT2D eigenvalue weighted by atomic mass is 9.82. The fourth-order valence-corrected chi connectivity index (χ4v) is 8.17. The highest BCUT2D eigenvalue weighted by atomic mass is 16.7. The Bertz CT molecular complexity index is 1300. The number of aliphatic carboxylic acids is 1. The van der Waals surface area contributed by atoms with Crippen molar-refractivity contribution in [2.45, 2.75) is 179 Å². The van der Waals surface area contributed by atoms with Crippen LogP contribution in [0.4, 0.5) is 0 Å². The van der Waals surface area contributed by atoms with E-state index in [0.717, 1.165) is 32.1 Å². The third-order valence-electron chi connectivity index (χ3n) is 11.9. The van der Waals surface area contributed by atoms with Crippen molar-refractivity contribution in [2.24, 2.45) is 23.2 Å². The monoisotopic (exact) mass is 833 g/mol. The molecular formula is C40H71N3O15. The number of nitrogens with one attached hydrogen (secondary N) is 3. The Balaban J connectivity index is 1.83. The molecule has 0 aromatic carbocycles. The normalized spacial score (nSPS) is 31.7. The van der Waals surface area contributed by atoms with E-state index in [1.165, 1.54) is 6.92 Å². The number of carboxylic acid groups (broad SMARTS) is 1. The molecule has 1 saturated carbocycles. The highest BCUT2D eigenvalue weighted by molar-refractivity contribution is 5.82. The summed E-state index contributed by atoms with van der Waals surface area (Å²) in [4.78, 5) is 51.3. The molecule has 2 heterocycles. The van der Waals surface area contributed by atoms with E-state index in [9.17, 15) is 54.9 Å². The van der Waals surface area contributed by atoms with E-state index < -0.39 is 103 Å². The van der Waals surface area contributed by atoms with Gasteiger partial charge in [-0.25, -0.2) is 4.79 Å².